The third kappa shape index (κ3) is 9.18. The first-order chi connectivity index (χ1) is 13.5. The third-order valence-electron chi connectivity index (χ3n) is 4.66. The highest BCUT2D eigenvalue weighted by Crippen LogP contribution is 2.17. The molecule has 0 saturated carbocycles. The summed E-state index contributed by atoms with van der Waals surface area (Å²) < 4.78 is 19.3. The molecule has 2 N–H and O–H groups in total. The molecule has 1 aromatic rings. The van der Waals surface area contributed by atoms with Gasteiger partial charge in [0.2, 0.25) is 5.91 Å². The van der Waals surface area contributed by atoms with Crippen LogP contribution in [0.2, 0.25) is 0 Å². The smallest absolute Gasteiger partial charge is 0.224 e. The number of rotatable bonds is 8. The van der Waals surface area contributed by atoms with Crippen molar-refractivity contribution < 1.29 is 13.9 Å². The number of benzene rings is 1. The summed E-state index contributed by atoms with van der Waals surface area (Å²) in [6, 6.07) is 6.34. The molecule has 2 atom stereocenters. The summed E-state index contributed by atoms with van der Waals surface area (Å²) in [5, 5.41) is 6.35. The van der Waals surface area contributed by atoms with E-state index in [0.29, 0.717) is 37.9 Å². The molecule has 0 aliphatic carbocycles. The van der Waals surface area contributed by atoms with Crippen LogP contribution >= 0.6 is 24.0 Å². The maximum absolute atomic E-state index is 13.7. The largest absolute Gasteiger partial charge is 0.486 e. The van der Waals surface area contributed by atoms with Gasteiger partial charge >= 0.3 is 0 Å². The Bertz CT molecular complexity index is 659. The predicted octanol–water partition coefficient (Wildman–Crippen LogP) is 3.41. The summed E-state index contributed by atoms with van der Waals surface area (Å²) in [7, 11) is 0. The lowest BCUT2D eigenvalue weighted by Gasteiger charge is -2.31. The minimum absolute atomic E-state index is 0. The number of nitrogens with one attached hydrogen (secondary N) is 2. The molecule has 1 saturated heterocycles. The van der Waals surface area contributed by atoms with Crippen LogP contribution in [0, 0.1) is 11.7 Å². The van der Waals surface area contributed by atoms with Crippen LogP contribution in [0.5, 0.6) is 5.75 Å². The minimum atomic E-state index is -0.381. The molecule has 1 aromatic carbocycles. The van der Waals surface area contributed by atoms with E-state index in [9.17, 15) is 9.18 Å². The molecule has 1 aliphatic rings. The molecule has 8 heteroatoms. The average molecular weight is 520 g/mol. The summed E-state index contributed by atoms with van der Waals surface area (Å²) >= 11 is 0. The van der Waals surface area contributed by atoms with Crippen molar-refractivity contribution in [2.24, 2.45) is 10.9 Å². The number of likely N-dealkylation sites (tertiary alicyclic amines) is 1. The standard InChI is InChI=1S/C21H33FN4O2.HI/c1-4-23-21(24-12-11-20(27)26-13-7-8-16(2)15-26)25-14-17(3)28-19-10-6-5-9-18(19)22;/h5-6,9-10,16-17H,4,7-8,11-15H2,1-3H3,(H2,23,24,25);1H. The fourth-order valence-electron chi connectivity index (χ4n) is 3.22. The van der Waals surface area contributed by atoms with Gasteiger partial charge in [-0.1, -0.05) is 19.1 Å². The predicted molar refractivity (Wildman–Crippen MR) is 125 cm³/mol. The van der Waals surface area contributed by atoms with Gasteiger partial charge in [-0.15, -0.1) is 24.0 Å². The van der Waals surface area contributed by atoms with Crippen LogP contribution in [0.4, 0.5) is 4.39 Å². The molecule has 2 unspecified atom stereocenters. The number of carbonyl (C=O) groups excluding carboxylic acids is 1. The fraction of sp³-hybridized carbons (Fsp3) is 0.619. The van der Waals surface area contributed by atoms with Crippen LogP contribution in [0.25, 0.3) is 0 Å². The number of amides is 1. The number of guanidine groups is 1. The number of halogens is 2. The first-order valence-electron chi connectivity index (χ1n) is 10.2. The van der Waals surface area contributed by atoms with E-state index in [1.54, 1.807) is 18.2 Å². The highest BCUT2D eigenvalue weighted by molar-refractivity contribution is 14.0. The number of para-hydroxylation sites is 1. The summed E-state index contributed by atoms with van der Waals surface area (Å²) in [6.07, 6.45) is 2.46. The Morgan fingerprint density at radius 2 is 2.14 bits per heavy atom. The van der Waals surface area contributed by atoms with Crippen molar-refractivity contribution in [1.82, 2.24) is 15.5 Å². The molecule has 6 nitrogen and oxygen atoms in total. The molecular formula is C21H34FIN4O2. The molecule has 0 radical (unpaired) electrons. The Kier molecular flexibility index (Phi) is 11.9. The van der Waals surface area contributed by atoms with Crippen molar-refractivity contribution in [3.8, 4) is 5.75 Å². The summed E-state index contributed by atoms with van der Waals surface area (Å²) in [5.74, 6) is 1.25. The van der Waals surface area contributed by atoms with E-state index >= 15 is 0 Å². The summed E-state index contributed by atoms with van der Waals surface area (Å²) in [4.78, 5) is 18.8. The van der Waals surface area contributed by atoms with E-state index in [-0.39, 0.29) is 47.6 Å². The number of nitrogens with zero attached hydrogens (tertiary/aromatic N) is 2. The lowest BCUT2D eigenvalue weighted by Crippen LogP contribution is -2.42. The quantitative estimate of drug-likeness (QED) is 0.313. The molecule has 0 bridgehead atoms. The van der Waals surface area contributed by atoms with Crippen molar-refractivity contribution in [2.75, 3.05) is 32.7 Å². The number of carbonyl (C=O) groups is 1. The van der Waals surface area contributed by atoms with Crippen molar-refractivity contribution in [3.63, 3.8) is 0 Å². The topological polar surface area (TPSA) is 66.0 Å². The van der Waals surface area contributed by atoms with Crippen LogP contribution in [0.15, 0.2) is 29.3 Å². The number of piperidine rings is 1. The summed E-state index contributed by atoms with van der Waals surface area (Å²) in [5.41, 5.74) is 0. The van der Waals surface area contributed by atoms with Crippen LogP contribution < -0.4 is 15.4 Å². The zero-order valence-corrected chi connectivity index (χ0v) is 19.9. The van der Waals surface area contributed by atoms with Gasteiger partial charge < -0.3 is 20.3 Å². The van der Waals surface area contributed by atoms with E-state index in [0.717, 1.165) is 19.5 Å². The van der Waals surface area contributed by atoms with Gasteiger partial charge in [-0.25, -0.2) is 9.38 Å². The van der Waals surface area contributed by atoms with Crippen molar-refractivity contribution in [3.05, 3.63) is 30.1 Å². The molecule has 1 aliphatic heterocycles. The van der Waals surface area contributed by atoms with Gasteiger partial charge in [0.1, 0.15) is 6.10 Å². The average Bonchev–Trinajstić information content (AvgIpc) is 2.68. The van der Waals surface area contributed by atoms with E-state index in [2.05, 4.69) is 22.5 Å². The SMILES string of the molecule is CCNC(=NCC(C)Oc1ccccc1F)NCCC(=O)N1CCCC(C)C1.I. The van der Waals surface area contributed by atoms with Crippen LogP contribution in [-0.4, -0.2) is 55.6 Å². The Hall–Kier alpha value is -1.58. The Morgan fingerprint density at radius 3 is 2.83 bits per heavy atom. The van der Waals surface area contributed by atoms with Crippen molar-refractivity contribution >= 4 is 35.8 Å². The normalized spacial score (nSPS) is 17.9. The third-order valence-corrected chi connectivity index (χ3v) is 4.66. The summed E-state index contributed by atoms with van der Waals surface area (Å²) in [6.45, 7) is 9.36. The van der Waals surface area contributed by atoms with E-state index in [4.69, 9.17) is 4.74 Å². The van der Waals surface area contributed by atoms with Gasteiger partial charge in [0, 0.05) is 32.6 Å². The number of aliphatic imine (C=N–C) groups is 1. The lowest BCUT2D eigenvalue weighted by molar-refractivity contribution is -0.132. The zero-order valence-electron chi connectivity index (χ0n) is 17.6. The van der Waals surface area contributed by atoms with Gasteiger partial charge in [0.05, 0.1) is 6.54 Å². The number of hydrogen-bond acceptors (Lipinski definition) is 3. The number of ether oxygens (including phenoxy) is 1. The maximum Gasteiger partial charge on any atom is 0.224 e. The molecule has 1 fully saturated rings. The van der Waals surface area contributed by atoms with Crippen LogP contribution in [0.3, 0.4) is 0 Å². The Balaban J connectivity index is 0.00000420. The van der Waals surface area contributed by atoms with Gasteiger partial charge in [-0.2, -0.15) is 0 Å². The van der Waals surface area contributed by atoms with Crippen LogP contribution in [-0.2, 0) is 4.79 Å². The van der Waals surface area contributed by atoms with E-state index < -0.39 is 0 Å². The second kappa shape index (κ2) is 13.6. The van der Waals surface area contributed by atoms with Crippen molar-refractivity contribution in [1.29, 1.82) is 0 Å². The Labute approximate surface area is 190 Å². The second-order valence-corrected chi connectivity index (χ2v) is 7.34. The second-order valence-electron chi connectivity index (χ2n) is 7.34. The lowest BCUT2D eigenvalue weighted by atomic mass is 10.00. The van der Waals surface area contributed by atoms with Crippen molar-refractivity contribution in [2.45, 2.75) is 46.1 Å². The monoisotopic (exact) mass is 520 g/mol. The van der Waals surface area contributed by atoms with Gasteiger partial charge in [0.15, 0.2) is 17.5 Å². The maximum atomic E-state index is 13.7. The molecule has 1 heterocycles. The molecule has 0 aromatic heterocycles. The fourth-order valence-corrected chi connectivity index (χ4v) is 3.22. The Morgan fingerprint density at radius 1 is 1.38 bits per heavy atom. The molecule has 164 valence electrons. The minimum Gasteiger partial charge on any atom is -0.486 e. The van der Waals surface area contributed by atoms with E-state index in [1.165, 1.54) is 12.5 Å². The highest BCUT2D eigenvalue weighted by Gasteiger charge is 2.20. The molecular weight excluding hydrogens is 486 g/mol. The van der Waals surface area contributed by atoms with Gasteiger partial charge in [-0.3, -0.25) is 4.79 Å². The molecule has 0 spiro atoms. The van der Waals surface area contributed by atoms with Crippen LogP contribution in [0.1, 0.15) is 40.0 Å². The molecule has 1 amide bonds. The van der Waals surface area contributed by atoms with Gasteiger partial charge in [-0.05, 0) is 44.7 Å². The molecule has 29 heavy (non-hydrogen) atoms. The van der Waals surface area contributed by atoms with E-state index in [1.807, 2.05) is 18.7 Å². The molecule has 2 rings (SSSR count). The van der Waals surface area contributed by atoms with Gasteiger partial charge in [0.25, 0.3) is 0 Å². The highest BCUT2D eigenvalue weighted by atomic mass is 127. The first-order valence-corrected chi connectivity index (χ1v) is 10.2. The first kappa shape index (κ1) is 25.5. The zero-order chi connectivity index (χ0) is 20.4. The number of hydrogen-bond donors (Lipinski definition) is 2.